The lowest BCUT2D eigenvalue weighted by Crippen LogP contribution is -2.53. The minimum Gasteiger partial charge on any atom is -0.497 e. The van der Waals surface area contributed by atoms with Gasteiger partial charge in [0, 0.05) is 44.2 Å². The Morgan fingerprint density at radius 3 is 2.36 bits per heavy atom. The van der Waals surface area contributed by atoms with E-state index >= 15 is 0 Å². The summed E-state index contributed by atoms with van der Waals surface area (Å²) >= 11 is 0. The number of nitrogens with one attached hydrogen (secondary N) is 2. The second-order valence-electron chi connectivity index (χ2n) is 7.74. The van der Waals surface area contributed by atoms with E-state index in [1.807, 2.05) is 32.0 Å². The maximum absolute atomic E-state index is 11.5. The Labute approximate surface area is 168 Å². The SMILES string of the molecule is CN=C(NCC(C)(C)NS(C)(=O)=O)N1CCC(c2cc(OC)cc(OC)c2)C1. The zero-order valence-electron chi connectivity index (χ0n) is 17.6. The number of aliphatic imine (C=N–C) groups is 1. The smallest absolute Gasteiger partial charge is 0.209 e. The van der Waals surface area contributed by atoms with Crippen molar-refractivity contribution in [1.29, 1.82) is 0 Å². The molecule has 1 unspecified atom stereocenters. The number of likely N-dealkylation sites (tertiary alicyclic amines) is 1. The lowest BCUT2D eigenvalue weighted by molar-refractivity contribution is 0.392. The quantitative estimate of drug-likeness (QED) is 0.520. The molecular formula is C19H32N4O4S. The van der Waals surface area contributed by atoms with Gasteiger partial charge in [0.05, 0.1) is 20.5 Å². The summed E-state index contributed by atoms with van der Waals surface area (Å²) < 4.78 is 36.4. The van der Waals surface area contributed by atoms with Crippen LogP contribution < -0.4 is 19.5 Å². The lowest BCUT2D eigenvalue weighted by atomic mass is 9.98. The minimum absolute atomic E-state index is 0.338. The van der Waals surface area contributed by atoms with Crippen molar-refractivity contribution in [2.24, 2.45) is 4.99 Å². The van der Waals surface area contributed by atoms with Gasteiger partial charge in [-0.25, -0.2) is 13.1 Å². The molecule has 1 aliphatic rings. The standard InChI is InChI=1S/C19H32N4O4S/c1-19(2,22-28(6,24)25)13-21-18(20-3)23-8-7-14(12-23)15-9-16(26-4)11-17(10-15)27-5/h9-11,14,22H,7-8,12-13H2,1-6H3,(H,20,21). The number of hydrogen-bond acceptors (Lipinski definition) is 5. The van der Waals surface area contributed by atoms with Crippen LogP contribution in [0.3, 0.4) is 0 Å². The number of hydrogen-bond donors (Lipinski definition) is 2. The molecule has 1 aromatic rings. The number of guanidine groups is 1. The minimum atomic E-state index is -3.28. The highest BCUT2D eigenvalue weighted by Crippen LogP contribution is 2.32. The molecule has 0 saturated carbocycles. The van der Waals surface area contributed by atoms with Crippen molar-refractivity contribution in [2.75, 3.05) is 47.2 Å². The van der Waals surface area contributed by atoms with Gasteiger partial charge in [0.1, 0.15) is 11.5 Å². The van der Waals surface area contributed by atoms with E-state index in [0.29, 0.717) is 12.5 Å². The molecule has 8 nitrogen and oxygen atoms in total. The van der Waals surface area contributed by atoms with E-state index in [4.69, 9.17) is 9.47 Å². The van der Waals surface area contributed by atoms with E-state index in [-0.39, 0.29) is 0 Å². The summed E-state index contributed by atoms with van der Waals surface area (Å²) in [5.74, 6) is 2.67. The van der Waals surface area contributed by atoms with Gasteiger partial charge in [-0.2, -0.15) is 0 Å². The predicted molar refractivity (Wildman–Crippen MR) is 112 cm³/mol. The second-order valence-corrected chi connectivity index (χ2v) is 9.48. The summed E-state index contributed by atoms with van der Waals surface area (Å²) in [6.07, 6.45) is 2.15. The molecule has 1 heterocycles. The molecule has 1 saturated heterocycles. The van der Waals surface area contributed by atoms with E-state index in [2.05, 4.69) is 19.9 Å². The van der Waals surface area contributed by atoms with Crippen LogP contribution >= 0.6 is 0 Å². The fourth-order valence-corrected chi connectivity index (χ4v) is 4.54. The maximum atomic E-state index is 11.5. The Bertz CT molecular complexity index is 786. The van der Waals surface area contributed by atoms with Crippen molar-refractivity contribution >= 4 is 16.0 Å². The Morgan fingerprint density at radius 1 is 1.25 bits per heavy atom. The molecule has 2 rings (SSSR count). The Hall–Kier alpha value is -2.00. The molecule has 1 aromatic carbocycles. The highest BCUT2D eigenvalue weighted by molar-refractivity contribution is 7.88. The number of nitrogens with zero attached hydrogens (tertiary/aromatic N) is 2. The van der Waals surface area contributed by atoms with Crippen LogP contribution in [-0.2, 0) is 10.0 Å². The molecule has 0 bridgehead atoms. The summed E-state index contributed by atoms with van der Waals surface area (Å²) in [6, 6.07) is 5.96. The highest BCUT2D eigenvalue weighted by atomic mass is 32.2. The molecule has 0 radical (unpaired) electrons. The monoisotopic (exact) mass is 412 g/mol. The zero-order chi connectivity index (χ0) is 20.9. The third kappa shape index (κ3) is 6.27. The first kappa shape index (κ1) is 22.3. The van der Waals surface area contributed by atoms with Crippen molar-refractivity contribution < 1.29 is 17.9 Å². The number of ether oxygens (including phenoxy) is 2. The van der Waals surface area contributed by atoms with Crippen LogP contribution in [-0.4, -0.2) is 72.0 Å². The molecule has 1 fully saturated rings. The second kappa shape index (κ2) is 9.00. The summed E-state index contributed by atoms with van der Waals surface area (Å²) in [5.41, 5.74) is 0.552. The Kier molecular flexibility index (Phi) is 7.16. The van der Waals surface area contributed by atoms with Gasteiger partial charge in [0.25, 0.3) is 0 Å². The lowest BCUT2D eigenvalue weighted by Gasteiger charge is -2.29. The molecule has 9 heteroatoms. The fourth-order valence-electron chi connectivity index (χ4n) is 3.46. The molecule has 0 spiro atoms. The molecule has 2 N–H and O–H groups in total. The van der Waals surface area contributed by atoms with E-state index in [9.17, 15) is 8.42 Å². The molecule has 0 aliphatic carbocycles. The van der Waals surface area contributed by atoms with Crippen molar-refractivity contribution in [3.63, 3.8) is 0 Å². The number of methoxy groups -OCH3 is 2. The van der Waals surface area contributed by atoms with Crippen LogP contribution in [0.25, 0.3) is 0 Å². The predicted octanol–water partition coefficient (Wildman–Crippen LogP) is 1.40. The number of benzene rings is 1. The van der Waals surface area contributed by atoms with Gasteiger partial charge in [-0.3, -0.25) is 4.99 Å². The zero-order valence-corrected chi connectivity index (χ0v) is 18.4. The van der Waals surface area contributed by atoms with Crippen molar-refractivity contribution in [1.82, 2.24) is 14.9 Å². The number of sulfonamides is 1. The van der Waals surface area contributed by atoms with Gasteiger partial charge >= 0.3 is 0 Å². The van der Waals surface area contributed by atoms with E-state index in [1.165, 1.54) is 5.56 Å². The fraction of sp³-hybridized carbons (Fsp3) is 0.632. The van der Waals surface area contributed by atoms with Crippen molar-refractivity contribution in [2.45, 2.75) is 31.7 Å². The van der Waals surface area contributed by atoms with Gasteiger partial charge in [-0.15, -0.1) is 0 Å². The van der Waals surface area contributed by atoms with Crippen LogP contribution in [0.4, 0.5) is 0 Å². The molecule has 0 amide bonds. The van der Waals surface area contributed by atoms with E-state index in [0.717, 1.165) is 43.2 Å². The van der Waals surface area contributed by atoms with Gasteiger partial charge in [-0.05, 0) is 38.0 Å². The van der Waals surface area contributed by atoms with Crippen molar-refractivity contribution in [3.8, 4) is 11.5 Å². The van der Waals surface area contributed by atoms with Crippen LogP contribution in [0, 0.1) is 0 Å². The largest absolute Gasteiger partial charge is 0.497 e. The first-order valence-corrected chi connectivity index (χ1v) is 11.1. The van der Waals surface area contributed by atoms with Crippen molar-refractivity contribution in [3.05, 3.63) is 23.8 Å². The molecule has 0 aromatic heterocycles. The molecule has 28 heavy (non-hydrogen) atoms. The normalized spacial score (nSPS) is 18.3. The maximum Gasteiger partial charge on any atom is 0.209 e. The Morgan fingerprint density at radius 2 is 1.86 bits per heavy atom. The first-order chi connectivity index (χ1) is 13.1. The van der Waals surface area contributed by atoms with E-state index in [1.54, 1.807) is 21.3 Å². The Balaban J connectivity index is 2.03. The number of rotatable bonds is 7. The van der Waals surface area contributed by atoms with Crippen LogP contribution in [0.2, 0.25) is 0 Å². The third-order valence-corrected chi connectivity index (χ3v) is 5.62. The first-order valence-electron chi connectivity index (χ1n) is 9.24. The van der Waals surface area contributed by atoms with Gasteiger partial charge in [-0.1, -0.05) is 0 Å². The van der Waals surface area contributed by atoms with Crippen LogP contribution in [0.15, 0.2) is 23.2 Å². The summed E-state index contributed by atoms with van der Waals surface area (Å²) in [5, 5.41) is 3.29. The van der Waals surface area contributed by atoms with Crippen LogP contribution in [0.5, 0.6) is 11.5 Å². The molecule has 1 atom stereocenters. The summed E-state index contributed by atoms with van der Waals surface area (Å²) in [4.78, 5) is 6.56. The average molecular weight is 413 g/mol. The summed E-state index contributed by atoms with van der Waals surface area (Å²) in [7, 11) is 1.76. The third-order valence-electron chi connectivity index (χ3n) is 4.69. The molecular weight excluding hydrogens is 380 g/mol. The molecule has 158 valence electrons. The van der Waals surface area contributed by atoms with Gasteiger partial charge in [0.2, 0.25) is 10.0 Å². The van der Waals surface area contributed by atoms with Gasteiger partial charge < -0.3 is 19.7 Å². The average Bonchev–Trinajstić information content (AvgIpc) is 3.09. The van der Waals surface area contributed by atoms with Crippen LogP contribution in [0.1, 0.15) is 31.7 Å². The molecule has 1 aliphatic heterocycles. The topological polar surface area (TPSA) is 92.3 Å². The van der Waals surface area contributed by atoms with E-state index < -0.39 is 15.6 Å². The summed E-state index contributed by atoms with van der Waals surface area (Å²) in [6.45, 7) is 5.79. The van der Waals surface area contributed by atoms with Gasteiger partial charge in [0.15, 0.2) is 5.96 Å². The highest BCUT2D eigenvalue weighted by Gasteiger charge is 2.28.